The standard InChI is InChI=1S/C7H8O3S/c1-6-2-4-7(5-3-6)11(8,9)10/h2-5H,1H3,(H,8,9,10)/p-1/i1D3,2D,3D,4D,5D. The summed E-state index contributed by atoms with van der Waals surface area (Å²) in [7, 11) is -5.22. The van der Waals surface area contributed by atoms with Crippen LogP contribution in [0.1, 0.15) is 15.2 Å². The van der Waals surface area contributed by atoms with Crippen molar-refractivity contribution in [2.24, 2.45) is 0 Å². The topological polar surface area (TPSA) is 57.2 Å². The first-order chi connectivity index (χ1) is 7.89. The summed E-state index contributed by atoms with van der Waals surface area (Å²) in [5.41, 5.74) is -0.912. The average Bonchev–Trinajstić information content (AvgIpc) is 2.10. The second-order valence-electron chi connectivity index (χ2n) is 1.66. The molecular formula is C7H7O3S-. The number of hydrogen-bond acceptors (Lipinski definition) is 3. The third-order valence-corrected chi connectivity index (χ3v) is 1.56. The molecule has 0 spiro atoms. The molecule has 60 valence electrons. The lowest BCUT2D eigenvalue weighted by Crippen LogP contribution is -1.97. The lowest BCUT2D eigenvalue weighted by atomic mass is 10.2. The minimum atomic E-state index is -5.22. The van der Waals surface area contributed by atoms with Crippen LogP contribution < -0.4 is 0 Å². The van der Waals surface area contributed by atoms with Crippen molar-refractivity contribution in [2.75, 3.05) is 0 Å². The van der Waals surface area contributed by atoms with Gasteiger partial charge in [-0.2, -0.15) is 0 Å². The van der Waals surface area contributed by atoms with Gasteiger partial charge >= 0.3 is 0 Å². The van der Waals surface area contributed by atoms with Crippen LogP contribution in [0.25, 0.3) is 0 Å². The highest BCUT2D eigenvalue weighted by atomic mass is 32.2. The Morgan fingerprint density at radius 2 is 2.00 bits per heavy atom. The molecule has 0 radical (unpaired) electrons. The maximum Gasteiger partial charge on any atom is 0.124 e. The fourth-order valence-electron chi connectivity index (χ4n) is 0.426. The molecule has 1 aromatic rings. The number of benzene rings is 1. The van der Waals surface area contributed by atoms with E-state index in [1.807, 2.05) is 0 Å². The summed E-state index contributed by atoms with van der Waals surface area (Å²) in [6.45, 7) is -2.94. The van der Waals surface area contributed by atoms with E-state index >= 15 is 0 Å². The van der Waals surface area contributed by atoms with Gasteiger partial charge in [-0.1, -0.05) is 17.6 Å². The van der Waals surface area contributed by atoms with Crippen LogP contribution in [-0.4, -0.2) is 13.0 Å². The van der Waals surface area contributed by atoms with Crippen LogP contribution in [0, 0.1) is 6.85 Å². The third kappa shape index (κ3) is 2.03. The summed E-state index contributed by atoms with van der Waals surface area (Å²) in [6, 6.07) is -4.44. The van der Waals surface area contributed by atoms with E-state index in [-0.39, 0.29) is 0 Å². The molecular weight excluding hydrogens is 164 g/mol. The molecule has 0 amide bonds. The van der Waals surface area contributed by atoms with Crippen molar-refractivity contribution in [3.8, 4) is 0 Å². The first-order valence-electron chi connectivity index (χ1n) is 5.95. The normalized spacial score (nSPS) is 21.7. The molecule has 0 saturated heterocycles. The zero-order chi connectivity index (χ0) is 14.5. The lowest BCUT2D eigenvalue weighted by Gasteiger charge is -2.05. The van der Waals surface area contributed by atoms with Crippen LogP contribution >= 0.6 is 0 Å². The van der Waals surface area contributed by atoms with Crippen LogP contribution in [0.4, 0.5) is 0 Å². The minimum Gasteiger partial charge on any atom is -0.744 e. The van der Waals surface area contributed by atoms with Crippen LogP contribution in [0.5, 0.6) is 0 Å². The van der Waals surface area contributed by atoms with Crippen molar-refractivity contribution < 1.29 is 22.6 Å². The average molecular weight is 178 g/mol. The fourth-order valence-corrected chi connectivity index (χ4v) is 0.778. The molecule has 0 fully saturated rings. The highest BCUT2D eigenvalue weighted by molar-refractivity contribution is 7.85. The summed E-state index contributed by atoms with van der Waals surface area (Å²) >= 11 is 0. The van der Waals surface area contributed by atoms with Gasteiger partial charge in [0.1, 0.15) is 10.1 Å². The maximum atomic E-state index is 10.8. The SMILES string of the molecule is [2H]c1c([2H])c(S(=O)(=O)[O-])c([2H])c([2H])c1C([2H])([2H])[2H]. The quantitative estimate of drug-likeness (QED) is 0.600. The molecule has 0 saturated carbocycles. The summed E-state index contributed by atoms with van der Waals surface area (Å²) in [5, 5.41) is 0. The molecule has 1 rings (SSSR count). The van der Waals surface area contributed by atoms with E-state index < -0.39 is 51.6 Å². The molecule has 0 atom stereocenters. The van der Waals surface area contributed by atoms with E-state index in [4.69, 9.17) is 9.60 Å². The van der Waals surface area contributed by atoms with Gasteiger partial charge in [-0.05, 0) is 18.9 Å². The van der Waals surface area contributed by atoms with Gasteiger partial charge in [0.2, 0.25) is 0 Å². The molecule has 0 aliphatic carbocycles. The molecule has 0 aromatic heterocycles. The first-order valence-corrected chi connectivity index (χ1v) is 3.86. The van der Waals surface area contributed by atoms with Crippen molar-refractivity contribution in [3.63, 3.8) is 0 Å². The smallest absolute Gasteiger partial charge is 0.124 e. The Morgan fingerprint density at radius 3 is 2.36 bits per heavy atom. The van der Waals surface area contributed by atoms with Gasteiger partial charge in [0, 0.05) is 4.11 Å². The van der Waals surface area contributed by atoms with Crippen molar-refractivity contribution >= 4 is 10.1 Å². The monoisotopic (exact) mass is 178 g/mol. The molecule has 3 nitrogen and oxygen atoms in total. The second-order valence-corrected chi connectivity index (χ2v) is 2.97. The minimum absolute atomic E-state index is 0.912. The van der Waals surface area contributed by atoms with Crippen LogP contribution in [0.2, 0.25) is 0 Å². The van der Waals surface area contributed by atoms with E-state index in [1.165, 1.54) is 0 Å². The fraction of sp³-hybridized carbons (Fsp3) is 0.143. The van der Waals surface area contributed by atoms with Crippen LogP contribution in [0.15, 0.2) is 29.1 Å². The highest BCUT2D eigenvalue weighted by Crippen LogP contribution is 2.08. The highest BCUT2D eigenvalue weighted by Gasteiger charge is 1.97. The predicted molar refractivity (Wildman–Crippen MR) is 39.1 cm³/mol. The molecule has 4 heteroatoms. The summed E-state index contributed by atoms with van der Waals surface area (Å²) in [5.74, 6) is 0. The van der Waals surface area contributed by atoms with Gasteiger partial charge in [-0.15, -0.1) is 0 Å². The Labute approximate surface area is 75.3 Å². The van der Waals surface area contributed by atoms with Gasteiger partial charge in [-0.25, -0.2) is 8.42 Å². The van der Waals surface area contributed by atoms with Crippen LogP contribution in [0.3, 0.4) is 0 Å². The summed E-state index contributed by atoms with van der Waals surface area (Å²) in [6.07, 6.45) is 0. The Kier molecular flexibility index (Phi) is 0.690. The van der Waals surface area contributed by atoms with E-state index in [2.05, 4.69) is 0 Å². The number of rotatable bonds is 1. The Morgan fingerprint density at radius 1 is 1.45 bits per heavy atom. The Bertz CT molecular complexity index is 575. The van der Waals surface area contributed by atoms with Gasteiger partial charge < -0.3 is 4.55 Å². The maximum absolute atomic E-state index is 10.8. The predicted octanol–water partition coefficient (Wildman–Crippen LogP) is 0.899. The third-order valence-electron chi connectivity index (χ3n) is 0.852. The molecule has 0 aliphatic heterocycles. The van der Waals surface area contributed by atoms with E-state index in [0.29, 0.717) is 0 Å². The van der Waals surface area contributed by atoms with Crippen molar-refractivity contribution in [2.45, 2.75) is 11.7 Å². The zero-order valence-corrected chi connectivity index (χ0v) is 5.95. The largest absolute Gasteiger partial charge is 0.744 e. The van der Waals surface area contributed by atoms with Gasteiger partial charge in [0.15, 0.2) is 0 Å². The second kappa shape index (κ2) is 2.64. The van der Waals surface area contributed by atoms with Crippen LogP contribution in [-0.2, 0) is 10.1 Å². The number of hydrogen-bond donors (Lipinski definition) is 0. The summed E-state index contributed by atoms with van der Waals surface area (Å²) in [4.78, 5) is -1.34. The molecule has 0 N–H and O–H groups in total. The molecule has 1 aromatic carbocycles. The van der Waals surface area contributed by atoms with Crippen molar-refractivity contribution in [1.29, 1.82) is 0 Å². The van der Waals surface area contributed by atoms with E-state index in [9.17, 15) is 13.0 Å². The van der Waals surface area contributed by atoms with Crippen molar-refractivity contribution in [3.05, 3.63) is 29.7 Å². The Balaban J connectivity index is 3.90. The molecule has 0 aliphatic rings. The van der Waals surface area contributed by atoms with Gasteiger partial charge in [0.05, 0.1) is 10.4 Å². The van der Waals surface area contributed by atoms with Gasteiger partial charge in [0.25, 0.3) is 0 Å². The zero-order valence-electron chi connectivity index (χ0n) is 12.1. The van der Waals surface area contributed by atoms with Crippen molar-refractivity contribution in [1.82, 2.24) is 0 Å². The molecule has 0 bridgehead atoms. The lowest BCUT2D eigenvalue weighted by molar-refractivity contribution is 0.463. The molecule has 11 heavy (non-hydrogen) atoms. The molecule has 0 unspecified atom stereocenters. The van der Waals surface area contributed by atoms with Gasteiger partial charge in [-0.3, -0.25) is 0 Å². The first kappa shape index (κ1) is 2.88. The molecule has 0 heterocycles. The summed E-state index contributed by atoms with van der Waals surface area (Å²) < 4.78 is 83.0. The Hall–Kier alpha value is -0.870. The van der Waals surface area contributed by atoms with E-state index in [1.54, 1.807) is 0 Å². The van der Waals surface area contributed by atoms with E-state index in [0.717, 1.165) is 0 Å².